The fraction of sp³-hybridized carbons (Fsp3) is 0.500. The van der Waals surface area contributed by atoms with Crippen LogP contribution >= 0.6 is 0 Å². The second-order valence-electron chi connectivity index (χ2n) is 4.62. The Kier molecular flexibility index (Phi) is 1.37. The summed E-state index contributed by atoms with van der Waals surface area (Å²) in [6, 6.07) is 6.84. The first kappa shape index (κ1) is 7.57. The van der Waals surface area contributed by atoms with Crippen molar-refractivity contribution in [3.05, 3.63) is 34.9 Å². The Morgan fingerprint density at radius 2 is 1.92 bits per heavy atom. The van der Waals surface area contributed by atoms with E-state index in [1.165, 1.54) is 18.4 Å². The maximum Gasteiger partial charge on any atom is 0.0551 e. The lowest BCUT2D eigenvalue weighted by Gasteiger charge is -2.37. The zero-order chi connectivity index (χ0) is 8.89. The zero-order valence-electron chi connectivity index (χ0n) is 7.97. The molecule has 1 saturated heterocycles. The van der Waals surface area contributed by atoms with E-state index in [4.69, 9.17) is 4.74 Å². The first-order valence-electron chi connectivity index (χ1n) is 4.94. The fourth-order valence-corrected chi connectivity index (χ4v) is 2.56. The lowest BCUT2D eigenvalue weighted by atomic mass is 9.83. The number of benzene rings is 1. The molecule has 0 saturated carbocycles. The summed E-state index contributed by atoms with van der Waals surface area (Å²) in [7, 11) is 0. The molecule has 0 bridgehead atoms. The number of fused-ring (bicyclic) bond motifs is 1. The number of hydrogen-bond donors (Lipinski definition) is 0. The van der Waals surface area contributed by atoms with Crippen LogP contribution in [-0.4, -0.2) is 13.2 Å². The molecule has 1 aliphatic heterocycles. The van der Waals surface area contributed by atoms with Gasteiger partial charge in [-0.05, 0) is 30.9 Å². The molecule has 1 nitrogen and oxygen atoms in total. The van der Waals surface area contributed by atoms with Gasteiger partial charge in [-0.15, -0.1) is 0 Å². The highest BCUT2D eigenvalue weighted by Gasteiger charge is 2.43. The van der Waals surface area contributed by atoms with Crippen molar-refractivity contribution in [3.63, 3.8) is 0 Å². The number of aryl methyl sites for hydroxylation is 1. The minimum Gasteiger partial charge on any atom is -0.380 e. The molecule has 0 unspecified atom stereocenters. The highest BCUT2D eigenvalue weighted by molar-refractivity contribution is 5.38. The second kappa shape index (κ2) is 2.36. The van der Waals surface area contributed by atoms with Crippen LogP contribution in [0.2, 0.25) is 0 Å². The fourth-order valence-electron chi connectivity index (χ4n) is 2.56. The monoisotopic (exact) mass is 174 g/mol. The van der Waals surface area contributed by atoms with E-state index in [1.807, 2.05) is 0 Å². The van der Waals surface area contributed by atoms with E-state index < -0.39 is 0 Å². The average molecular weight is 174 g/mol. The van der Waals surface area contributed by atoms with Crippen LogP contribution in [0.5, 0.6) is 0 Å². The Labute approximate surface area is 78.7 Å². The molecule has 1 aromatic carbocycles. The van der Waals surface area contributed by atoms with E-state index in [0.29, 0.717) is 5.41 Å². The predicted molar refractivity (Wildman–Crippen MR) is 51.8 cm³/mol. The largest absolute Gasteiger partial charge is 0.380 e. The molecule has 1 heteroatoms. The standard InChI is InChI=1S/C12H14O/c1-9-2-3-10-5-12(7-13-8-12)6-11(10)4-9/h2-4H,5-8H2,1H3. The summed E-state index contributed by atoms with van der Waals surface area (Å²) >= 11 is 0. The van der Waals surface area contributed by atoms with Crippen LogP contribution in [0.15, 0.2) is 18.2 Å². The van der Waals surface area contributed by atoms with Gasteiger partial charge in [-0.2, -0.15) is 0 Å². The van der Waals surface area contributed by atoms with Gasteiger partial charge in [0.2, 0.25) is 0 Å². The average Bonchev–Trinajstić information content (AvgIpc) is 2.41. The van der Waals surface area contributed by atoms with Gasteiger partial charge in [-0.1, -0.05) is 23.8 Å². The van der Waals surface area contributed by atoms with E-state index in [2.05, 4.69) is 25.1 Å². The summed E-state index contributed by atoms with van der Waals surface area (Å²) in [6.45, 7) is 4.12. The highest BCUT2D eigenvalue weighted by atomic mass is 16.5. The molecular formula is C12H14O. The number of hydrogen-bond acceptors (Lipinski definition) is 1. The Balaban J connectivity index is 1.99. The van der Waals surface area contributed by atoms with Crippen molar-refractivity contribution in [1.82, 2.24) is 0 Å². The van der Waals surface area contributed by atoms with E-state index in [-0.39, 0.29) is 0 Å². The van der Waals surface area contributed by atoms with Gasteiger partial charge >= 0.3 is 0 Å². The van der Waals surface area contributed by atoms with Crippen molar-refractivity contribution < 1.29 is 4.74 Å². The van der Waals surface area contributed by atoms with Crippen LogP contribution in [0, 0.1) is 12.3 Å². The topological polar surface area (TPSA) is 9.23 Å². The van der Waals surface area contributed by atoms with Gasteiger partial charge in [0.15, 0.2) is 0 Å². The van der Waals surface area contributed by atoms with Gasteiger partial charge in [0.05, 0.1) is 13.2 Å². The molecule has 0 aromatic heterocycles. The van der Waals surface area contributed by atoms with Crippen LogP contribution in [0.1, 0.15) is 16.7 Å². The smallest absolute Gasteiger partial charge is 0.0551 e. The van der Waals surface area contributed by atoms with Crippen molar-refractivity contribution >= 4 is 0 Å². The van der Waals surface area contributed by atoms with Crippen molar-refractivity contribution in [3.8, 4) is 0 Å². The van der Waals surface area contributed by atoms with E-state index in [0.717, 1.165) is 13.2 Å². The van der Waals surface area contributed by atoms with E-state index in [1.54, 1.807) is 11.1 Å². The number of rotatable bonds is 0. The van der Waals surface area contributed by atoms with Gasteiger partial charge in [0.25, 0.3) is 0 Å². The first-order valence-corrected chi connectivity index (χ1v) is 4.94. The third kappa shape index (κ3) is 1.03. The minimum atomic E-state index is 0.496. The van der Waals surface area contributed by atoms with Gasteiger partial charge in [-0.3, -0.25) is 0 Å². The van der Waals surface area contributed by atoms with Crippen LogP contribution in [0.25, 0.3) is 0 Å². The molecule has 1 heterocycles. The molecule has 68 valence electrons. The molecular weight excluding hydrogens is 160 g/mol. The zero-order valence-corrected chi connectivity index (χ0v) is 7.97. The molecule has 3 rings (SSSR count). The summed E-state index contributed by atoms with van der Waals surface area (Å²) in [5, 5.41) is 0. The van der Waals surface area contributed by atoms with Crippen LogP contribution in [0.3, 0.4) is 0 Å². The second-order valence-corrected chi connectivity index (χ2v) is 4.62. The third-order valence-corrected chi connectivity index (χ3v) is 3.31. The van der Waals surface area contributed by atoms with Crippen molar-refractivity contribution in [2.24, 2.45) is 5.41 Å². The molecule has 13 heavy (non-hydrogen) atoms. The number of ether oxygens (including phenoxy) is 1. The highest BCUT2D eigenvalue weighted by Crippen LogP contribution is 2.42. The normalized spacial score (nSPS) is 22.8. The molecule has 1 fully saturated rings. The van der Waals surface area contributed by atoms with Gasteiger partial charge in [0.1, 0.15) is 0 Å². The summed E-state index contributed by atoms with van der Waals surface area (Å²) in [5.74, 6) is 0. The maximum atomic E-state index is 5.32. The summed E-state index contributed by atoms with van der Waals surface area (Å²) < 4.78 is 5.32. The Morgan fingerprint density at radius 1 is 1.15 bits per heavy atom. The molecule has 0 radical (unpaired) electrons. The van der Waals surface area contributed by atoms with Gasteiger partial charge < -0.3 is 4.74 Å². The van der Waals surface area contributed by atoms with E-state index in [9.17, 15) is 0 Å². The van der Waals surface area contributed by atoms with Crippen molar-refractivity contribution in [2.75, 3.05) is 13.2 Å². The quantitative estimate of drug-likeness (QED) is 0.585. The molecule has 1 spiro atoms. The minimum absolute atomic E-state index is 0.496. The Bertz CT molecular complexity index is 350. The first-order chi connectivity index (χ1) is 6.27. The van der Waals surface area contributed by atoms with Crippen LogP contribution < -0.4 is 0 Å². The molecule has 0 amide bonds. The lowest BCUT2D eigenvalue weighted by Crippen LogP contribution is -2.43. The van der Waals surface area contributed by atoms with Gasteiger partial charge in [-0.25, -0.2) is 0 Å². The SMILES string of the molecule is Cc1ccc2c(c1)CC1(COC1)C2. The molecule has 2 aliphatic rings. The maximum absolute atomic E-state index is 5.32. The lowest BCUT2D eigenvalue weighted by molar-refractivity contribution is -0.106. The van der Waals surface area contributed by atoms with E-state index >= 15 is 0 Å². The molecule has 1 aromatic rings. The van der Waals surface area contributed by atoms with Gasteiger partial charge in [0, 0.05) is 5.41 Å². The van der Waals surface area contributed by atoms with Crippen LogP contribution in [-0.2, 0) is 17.6 Å². The summed E-state index contributed by atoms with van der Waals surface area (Å²) in [5.41, 5.74) is 4.99. The summed E-state index contributed by atoms with van der Waals surface area (Å²) in [6.07, 6.45) is 2.48. The Morgan fingerprint density at radius 3 is 2.62 bits per heavy atom. The van der Waals surface area contributed by atoms with Crippen molar-refractivity contribution in [1.29, 1.82) is 0 Å². The molecule has 0 atom stereocenters. The predicted octanol–water partition coefficient (Wildman–Crippen LogP) is 2.11. The summed E-state index contributed by atoms with van der Waals surface area (Å²) in [4.78, 5) is 0. The van der Waals surface area contributed by atoms with Crippen LogP contribution in [0.4, 0.5) is 0 Å². The molecule has 0 N–H and O–H groups in total. The Hall–Kier alpha value is -0.820. The third-order valence-electron chi connectivity index (χ3n) is 3.31. The van der Waals surface area contributed by atoms with Crippen molar-refractivity contribution in [2.45, 2.75) is 19.8 Å². The molecule has 1 aliphatic carbocycles.